The number of nitrogens with two attached hydrogens (primary N) is 1. The quantitative estimate of drug-likeness (QED) is 0.542. The minimum Gasteiger partial charge on any atom is -0.324 e. The van der Waals surface area contributed by atoms with Crippen molar-refractivity contribution >= 4 is 43.0 Å². The molecule has 0 saturated carbocycles. The molecule has 0 spiro atoms. The molecule has 1 heterocycles. The van der Waals surface area contributed by atoms with E-state index in [-0.39, 0.29) is 6.54 Å². The van der Waals surface area contributed by atoms with Crippen LogP contribution in [-0.4, -0.2) is 8.42 Å². The number of nitrogen functional groups attached to an aromatic ring is 1. The maximum absolute atomic E-state index is 12.5. The lowest BCUT2D eigenvalue weighted by Crippen LogP contribution is -2.24. The second-order valence-electron chi connectivity index (χ2n) is 4.61. The molecule has 2 aromatic rings. The van der Waals surface area contributed by atoms with Gasteiger partial charge in [-0.2, -0.15) is 0 Å². The summed E-state index contributed by atoms with van der Waals surface area (Å²) in [6, 6.07) is 7.21. The molecule has 114 valence electrons. The van der Waals surface area contributed by atoms with Gasteiger partial charge in [0, 0.05) is 17.1 Å². The molecule has 0 aliphatic carbocycles. The van der Waals surface area contributed by atoms with Gasteiger partial charge in [0.05, 0.1) is 8.68 Å². The summed E-state index contributed by atoms with van der Waals surface area (Å²) in [4.78, 5) is 1.25. The number of benzene rings is 1. The average molecular weight is 390 g/mol. The van der Waals surface area contributed by atoms with Crippen LogP contribution in [0.1, 0.15) is 16.0 Å². The highest BCUT2D eigenvalue weighted by atomic mass is 79.9. The van der Waals surface area contributed by atoms with Gasteiger partial charge in [0.25, 0.3) is 0 Å². The van der Waals surface area contributed by atoms with E-state index in [0.29, 0.717) is 21.7 Å². The molecule has 21 heavy (non-hydrogen) atoms. The SMILES string of the molecule is Cc1cc(NN)cc(C)c1S(=O)(=O)NCc1ccc(Br)s1. The summed E-state index contributed by atoms with van der Waals surface area (Å²) in [5, 5.41) is 0. The van der Waals surface area contributed by atoms with Gasteiger partial charge in [0.2, 0.25) is 10.0 Å². The Morgan fingerprint density at radius 2 is 1.86 bits per heavy atom. The average Bonchev–Trinajstić information content (AvgIpc) is 2.81. The number of sulfonamides is 1. The third-order valence-electron chi connectivity index (χ3n) is 2.96. The molecule has 1 aromatic heterocycles. The van der Waals surface area contributed by atoms with Crippen LogP contribution in [0.2, 0.25) is 0 Å². The molecule has 0 unspecified atom stereocenters. The lowest BCUT2D eigenvalue weighted by Gasteiger charge is -2.13. The van der Waals surface area contributed by atoms with Gasteiger partial charge < -0.3 is 5.43 Å². The summed E-state index contributed by atoms with van der Waals surface area (Å²) in [6.45, 7) is 3.78. The Morgan fingerprint density at radius 3 is 2.33 bits per heavy atom. The minimum atomic E-state index is -3.56. The molecule has 0 aliphatic rings. The summed E-state index contributed by atoms with van der Waals surface area (Å²) in [5.41, 5.74) is 4.53. The predicted molar refractivity (Wildman–Crippen MR) is 89.8 cm³/mol. The fourth-order valence-corrected chi connectivity index (χ4v) is 5.11. The fraction of sp³-hybridized carbons (Fsp3) is 0.231. The Hall–Kier alpha value is -0.930. The highest BCUT2D eigenvalue weighted by molar-refractivity contribution is 9.11. The van der Waals surface area contributed by atoms with Crippen LogP contribution in [0.4, 0.5) is 5.69 Å². The number of thiophene rings is 1. The summed E-state index contributed by atoms with van der Waals surface area (Å²) in [6.07, 6.45) is 0. The lowest BCUT2D eigenvalue weighted by molar-refractivity contribution is 0.580. The number of rotatable bonds is 5. The number of anilines is 1. The summed E-state index contributed by atoms with van der Waals surface area (Å²) < 4.78 is 28.6. The van der Waals surface area contributed by atoms with Crippen molar-refractivity contribution in [1.29, 1.82) is 0 Å². The van der Waals surface area contributed by atoms with Crippen LogP contribution in [0.3, 0.4) is 0 Å². The molecule has 0 atom stereocenters. The number of halogens is 1. The van der Waals surface area contributed by atoms with E-state index in [1.165, 1.54) is 11.3 Å². The Bertz CT molecular complexity index is 734. The first-order chi connectivity index (χ1) is 9.83. The van der Waals surface area contributed by atoms with Gasteiger partial charge in [-0.15, -0.1) is 11.3 Å². The zero-order valence-electron chi connectivity index (χ0n) is 11.6. The third-order valence-corrected chi connectivity index (χ3v) is 6.29. The van der Waals surface area contributed by atoms with E-state index < -0.39 is 10.0 Å². The van der Waals surface area contributed by atoms with E-state index in [1.54, 1.807) is 26.0 Å². The lowest BCUT2D eigenvalue weighted by atomic mass is 10.1. The smallest absolute Gasteiger partial charge is 0.241 e. The Labute approximate surface area is 136 Å². The molecule has 0 saturated heterocycles. The molecule has 1 aromatic carbocycles. The standard InChI is InChI=1S/C13H16BrN3O2S2/c1-8-5-10(17-15)6-9(2)13(8)21(18,19)16-7-11-3-4-12(14)20-11/h3-6,16-17H,7,15H2,1-2H3. The summed E-state index contributed by atoms with van der Waals surface area (Å²) in [7, 11) is -3.56. The maximum Gasteiger partial charge on any atom is 0.241 e. The van der Waals surface area contributed by atoms with Gasteiger partial charge >= 0.3 is 0 Å². The van der Waals surface area contributed by atoms with Crippen molar-refractivity contribution in [2.45, 2.75) is 25.3 Å². The number of hydrogen-bond donors (Lipinski definition) is 3. The van der Waals surface area contributed by atoms with Crippen molar-refractivity contribution in [3.05, 3.63) is 44.1 Å². The summed E-state index contributed by atoms with van der Waals surface area (Å²) in [5.74, 6) is 5.37. The summed E-state index contributed by atoms with van der Waals surface area (Å²) >= 11 is 4.86. The second kappa shape index (κ2) is 6.45. The van der Waals surface area contributed by atoms with E-state index in [9.17, 15) is 8.42 Å². The highest BCUT2D eigenvalue weighted by Crippen LogP contribution is 2.25. The first-order valence-corrected chi connectivity index (χ1v) is 9.24. The van der Waals surface area contributed by atoms with Crippen molar-refractivity contribution in [2.75, 3.05) is 5.43 Å². The van der Waals surface area contributed by atoms with Crippen molar-refractivity contribution < 1.29 is 8.42 Å². The van der Waals surface area contributed by atoms with Crippen LogP contribution < -0.4 is 16.0 Å². The molecular formula is C13H16BrN3O2S2. The number of hydrogen-bond acceptors (Lipinski definition) is 5. The largest absolute Gasteiger partial charge is 0.324 e. The monoisotopic (exact) mass is 389 g/mol. The zero-order valence-corrected chi connectivity index (χ0v) is 14.8. The van der Waals surface area contributed by atoms with Gasteiger partial charge in [-0.25, -0.2) is 13.1 Å². The molecule has 0 amide bonds. The van der Waals surface area contributed by atoms with Crippen LogP contribution in [0.15, 0.2) is 32.9 Å². The van der Waals surface area contributed by atoms with Crippen LogP contribution in [0.5, 0.6) is 0 Å². The normalized spacial score (nSPS) is 11.6. The fourth-order valence-electron chi connectivity index (χ4n) is 2.14. The molecule has 4 N–H and O–H groups in total. The van der Waals surface area contributed by atoms with Crippen LogP contribution in [0.25, 0.3) is 0 Å². The first kappa shape index (κ1) is 16.4. The zero-order chi connectivity index (χ0) is 15.6. The molecule has 5 nitrogen and oxygen atoms in total. The van der Waals surface area contributed by atoms with Gasteiger partial charge in [0.15, 0.2) is 0 Å². The van der Waals surface area contributed by atoms with Crippen LogP contribution in [0, 0.1) is 13.8 Å². The van der Waals surface area contributed by atoms with Gasteiger partial charge in [0.1, 0.15) is 0 Å². The molecule has 0 bridgehead atoms. The molecule has 0 radical (unpaired) electrons. The third kappa shape index (κ3) is 3.83. The Balaban J connectivity index is 2.27. The van der Waals surface area contributed by atoms with Crippen molar-refractivity contribution in [3.8, 4) is 0 Å². The van der Waals surface area contributed by atoms with Crippen LogP contribution in [-0.2, 0) is 16.6 Å². The molecule has 0 aliphatic heterocycles. The van der Waals surface area contributed by atoms with E-state index in [2.05, 4.69) is 26.1 Å². The van der Waals surface area contributed by atoms with Crippen molar-refractivity contribution in [2.24, 2.45) is 5.84 Å². The van der Waals surface area contributed by atoms with Gasteiger partial charge in [-0.05, 0) is 65.2 Å². The molecule has 8 heteroatoms. The first-order valence-electron chi connectivity index (χ1n) is 6.15. The molecule has 2 rings (SSSR count). The predicted octanol–water partition coefficient (Wildman–Crippen LogP) is 2.89. The van der Waals surface area contributed by atoms with Crippen molar-refractivity contribution in [1.82, 2.24) is 4.72 Å². The van der Waals surface area contributed by atoms with Gasteiger partial charge in [-0.1, -0.05) is 0 Å². The maximum atomic E-state index is 12.5. The Kier molecular flexibility index (Phi) is 5.05. The number of aryl methyl sites for hydroxylation is 2. The van der Waals surface area contributed by atoms with Crippen LogP contribution >= 0.6 is 27.3 Å². The minimum absolute atomic E-state index is 0.272. The second-order valence-corrected chi connectivity index (χ2v) is 8.87. The highest BCUT2D eigenvalue weighted by Gasteiger charge is 2.20. The van der Waals surface area contributed by atoms with Crippen molar-refractivity contribution in [3.63, 3.8) is 0 Å². The van der Waals surface area contributed by atoms with E-state index >= 15 is 0 Å². The van der Waals surface area contributed by atoms with Gasteiger partial charge in [-0.3, -0.25) is 5.84 Å². The topological polar surface area (TPSA) is 84.2 Å². The molecule has 0 fully saturated rings. The van der Waals surface area contributed by atoms with E-state index in [1.807, 2.05) is 12.1 Å². The van der Waals surface area contributed by atoms with E-state index in [4.69, 9.17) is 5.84 Å². The number of hydrazine groups is 1. The van der Waals surface area contributed by atoms with E-state index in [0.717, 1.165) is 8.66 Å². The molecular weight excluding hydrogens is 374 g/mol. The number of nitrogens with one attached hydrogen (secondary N) is 2. The Morgan fingerprint density at radius 1 is 1.24 bits per heavy atom.